The van der Waals surface area contributed by atoms with Crippen LogP contribution in [0, 0.1) is 0 Å². The van der Waals surface area contributed by atoms with Crippen molar-refractivity contribution in [2.45, 2.75) is 19.4 Å². The minimum Gasteiger partial charge on any atom is -0.336 e. The van der Waals surface area contributed by atoms with Crippen LogP contribution >= 0.6 is 11.3 Å². The molecule has 6 nitrogen and oxygen atoms in total. The number of anilines is 2. The topological polar surface area (TPSA) is 64.7 Å². The van der Waals surface area contributed by atoms with Crippen molar-refractivity contribution in [2.75, 3.05) is 29.9 Å². The lowest BCUT2D eigenvalue weighted by atomic mass is 10.0. The zero-order valence-corrected chi connectivity index (χ0v) is 14.8. The van der Waals surface area contributed by atoms with E-state index < -0.39 is 0 Å². The molecule has 0 spiro atoms. The van der Waals surface area contributed by atoms with Crippen molar-refractivity contribution >= 4 is 34.8 Å². The first-order valence-corrected chi connectivity index (χ1v) is 9.31. The van der Waals surface area contributed by atoms with E-state index in [4.69, 9.17) is 0 Å². The number of benzene rings is 1. The van der Waals surface area contributed by atoms with Crippen LogP contribution in [0.4, 0.5) is 21.0 Å². The van der Waals surface area contributed by atoms with E-state index in [1.165, 1.54) is 10.4 Å². The van der Waals surface area contributed by atoms with E-state index in [9.17, 15) is 9.59 Å². The smallest absolute Gasteiger partial charge is 0.322 e. The van der Waals surface area contributed by atoms with Gasteiger partial charge in [-0.15, -0.1) is 11.3 Å². The van der Waals surface area contributed by atoms with Crippen molar-refractivity contribution < 1.29 is 9.59 Å². The molecule has 1 unspecified atom stereocenters. The minimum atomic E-state index is -0.104. The highest BCUT2D eigenvalue weighted by atomic mass is 32.1. The van der Waals surface area contributed by atoms with Gasteiger partial charge in [0.2, 0.25) is 0 Å². The summed E-state index contributed by atoms with van der Waals surface area (Å²) in [5.74, 6) is 0. The molecule has 2 N–H and O–H groups in total. The van der Waals surface area contributed by atoms with Crippen molar-refractivity contribution in [3.05, 3.63) is 46.2 Å². The number of hydrogen-bond donors (Lipinski definition) is 2. The Kier molecular flexibility index (Phi) is 4.09. The summed E-state index contributed by atoms with van der Waals surface area (Å²) in [6.45, 7) is 4.06. The molecule has 2 aliphatic heterocycles. The number of fused-ring (bicyclic) bond motifs is 1. The Balaban J connectivity index is 1.49. The SMILES string of the molecule is CC1c2ccsc2CCN1C(=O)Nc1cccc(N2CCNC2=O)c1. The molecule has 4 rings (SSSR count). The Morgan fingerprint density at radius 1 is 1.32 bits per heavy atom. The molecule has 130 valence electrons. The van der Waals surface area contributed by atoms with Gasteiger partial charge < -0.3 is 15.5 Å². The first-order valence-electron chi connectivity index (χ1n) is 8.43. The average molecular weight is 356 g/mol. The summed E-state index contributed by atoms with van der Waals surface area (Å²) in [6, 6.07) is 9.40. The fourth-order valence-electron chi connectivity index (χ4n) is 3.45. The van der Waals surface area contributed by atoms with Gasteiger partial charge in [-0.25, -0.2) is 9.59 Å². The van der Waals surface area contributed by atoms with Crippen LogP contribution in [0.2, 0.25) is 0 Å². The molecule has 1 aromatic heterocycles. The molecule has 0 bridgehead atoms. The minimum absolute atomic E-state index is 0.0718. The van der Waals surface area contributed by atoms with E-state index in [1.807, 2.05) is 29.2 Å². The summed E-state index contributed by atoms with van der Waals surface area (Å²) >= 11 is 1.76. The largest absolute Gasteiger partial charge is 0.336 e. The van der Waals surface area contributed by atoms with E-state index in [0.29, 0.717) is 25.3 Å². The molecule has 1 fully saturated rings. The van der Waals surface area contributed by atoms with Gasteiger partial charge in [0.15, 0.2) is 0 Å². The molecule has 25 heavy (non-hydrogen) atoms. The fraction of sp³-hybridized carbons (Fsp3) is 0.333. The maximum absolute atomic E-state index is 12.7. The first kappa shape index (κ1) is 16.0. The van der Waals surface area contributed by atoms with Crippen molar-refractivity contribution in [3.8, 4) is 0 Å². The molecule has 3 heterocycles. The van der Waals surface area contributed by atoms with Crippen LogP contribution in [0.3, 0.4) is 0 Å². The maximum atomic E-state index is 12.7. The number of carbonyl (C=O) groups is 2. The van der Waals surface area contributed by atoms with Crippen LogP contribution in [0.5, 0.6) is 0 Å². The second kappa shape index (κ2) is 6.40. The van der Waals surface area contributed by atoms with Gasteiger partial charge in [0, 0.05) is 35.9 Å². The molecule has 1 atom stereocenters. The Morgan fingerprint density at radius 2 is 2.20 bits per heavy atom. The normalized spacial score (nSPS) is 19.6. The zero-order chi connectivity index (χ0) is 17.4. The van der Waals surface area contributed by atoms with Crippen molar-refractivity contribution in [1.29, 1.82) is 0 Å². The highest BCUT2D eigenvalue weighted by Crippen LogP contribution is 2.33. The van der Waals surface area contributed by atoms with E-state index in [2.05, 4.69) is 29.0 Å². The zero-order valence-electron chi connectivity index (χ0n) is 14.0. The lowest BCUT2D eigenvalue weighted by Crippen LogP contribution is -2.41. The molecule has 1 aromatic carbocycles. The van der Waals surface area contributed by atoms with Crippen LogP contribution in [0.15, 0.2) is 35.7 Å². The number of carbonyl (C=O) groups excluding carboxylic acids is 2. The van der Waals surface area contributed by atoms with Gasteiger partial charge in [-0.05, 0) is 48.6 Å². The average Bonchev–Trinajstić information content (AvgIpc) is 3.24. The Morgan fingerprint density at radius 3 is 3.00 bits per heavy atom. The van der Waals surface area contributed by atoms with E-state index >= 15 is 0 Å². The maximum Gasteiger partial charge on any atom is 0.322 e. The third kappa shape index (κ3) is 2.95. The highest BCUT2D eigenvalue weighted by Gasteiger charge is 2.28. The van der Waals surface area contributed by atoms with Gasteiger partial charge in [0.25, 0.3) is 0 Å². The van der Waals surface area contributed by atoms with Gasteiger partial charge >= 0.3 is 12.1 Å². The molecule has 1 saturated heterocycles. The van der Waals surface area contributed by atoms with Crippen molar-refractivity contribution in [3.63, 3.8) is 0 Å². The third-order valence-corrected chi connectivity index (χ3v) is 5.80. The predicted molar refractivity (Wildman–Crippen MR) is 99.3 cm³/mol. The summed E-state index contributed by atoms with van der Waals surface area (Å²) < 4.78 is 0. The summed E-state index contributed by atoms with van der Waals surface area (Å²) in [7, 11) is 0. The monoisotopic (exact) mass is 356 g/mol. The van der Waals surface area contributed by atoms with Crippen LogP contribution in [-0.4, -0.2) is 36.6 Å². The van der Waals surface area contributed by atoms with Crippen molar-refractivity contribution in [1.82, 2.24) is 10.2 Å². The second-order valence-corrected chi connectivity index (χ2v) is 7.28. The molecule has 4 amide bonds. The molecule has 0 saturated carbocycles. The fourth-order valence-corrected chi connectivity index (χ4v) is 4.41. The standard InChI is InChI=1S/C18H20N4O2S/c1-12-15-6-10-25-16(15)5-8-21(12)18(24)20-13-3-2-4-14(11-13)22-9-7-19-17(22)23/h2-4,6,10-12H,5,7-9H2,1H3,(H,19,23)(H,20,24). The van der Waals surface area contributed by atoms with Gasteiger partial charge in [-0.3, -0.25) is 4.90 Å². The predicted octanol–water partition coefficient (Wildman–Crippen LogP) is 3.43. The van der Waals surface area contributed by atoms with Crippen LogP contribution in [0.1, 0.15) is 23.4 Å². The first-order chi connectivity index (χ1) is 12.1. The van der Waals surface area contributed by atoms with E-state index in [-0.39, 0.29) is 18.1 Å². The van der Waals surface area contributed by atoms with Gasteiger partial charge in [-0.1, -0.05) is 6.07 Å². The summed E-state index contributed by atoms with van der Waals surface area (Å²) in [4.78, 5) is 29.5. The van der Waals surface area contributed by atoms with Crippen LogP contribution in [0.25, 0.3) is 0 Å². The third-order valence-electron chi connectivity index (χ3n) is 4.80. The molecule has 0 aliphatic carbocycles. The molecular weight excluding hydrogens is 336 g/mol. The summed E-state index contributed by atoms with van der Waals surface area (Å²) in [5.41, 5.74) is 2.74. The van der Waals surface area contributed by atoms with Gasteiger partial charge in [0.05, 0.1) is 6.04 Å². The quantitative estimate of drug-likeness (QED) is 0.866. The van der Waals surface area contributed by atoms with E-state index in [1.54, 1.807) is 16.2 Å². The van der Waals surface area contributed by atoms with E-state index in [0.717, 1.165) is 12.1 Å². The highest BCUT2D eigenvalue weighted by molar-refractivity contribution is 7.10. The number of thiophene rings is 1. The number of nitrogens with zero attached hydrogens (tertiary/aromatic N) is 2. The molecular formula is C18H20N4O2S. The molecule has 7 heteroatoms. The van der Waals surface area contributed by atoms with Gasteiger partial charge in [0.1, 0.15) is 0 Å². The lowest BCUT2D eigenvalue weighted by molar-refractivity contribution is 0.189. The molecule has 2 aliphatic rings. The number of rotatable bonds is 2. The molecule has 0 radical (unpaired) electrons. The summed E-state index contributed by atoms with van der Waals surface area (Å²) in [5, 5.41) is 7.85. The lowest BCUT2D eigenvalue weighted by Gasteiger charge is -2.33. The van der Waals surface area contributed by atoms with Crippen molar-refractivity contribution in [2.24, 2.45) is 0 Å². The summed E-state index contributed by atoms with van der Waals surface area (Å²) in [6.07, 6.45) is 0.902. The number of amides is 4. The van der Waals surface area contributed by atoms with Gasteiger partial charge in [-0.2, -0.15) is 0 Å². The molecule has 2 aromatic rings. The Labute approximate surface area is 150 Å². The Bertz CT molecular complexity index is 819. The number of nitrogens with one attached hydrogen (secondary N) is 2. The Hall–Kier alpha value is -2.54. The number of hydrogen-bond acceptors (Lipinski definition) is 3. The second-order valence-electron chi connectivity index (χ2n) is 6.28. The van der Waals surface area contributed by atoms with Crippen LogP contribution in [-0.2, 0) is 6.42 Å². The number of urea groups is 2. The van der Waals surface area contributed by atoms with Crippen LogP contribution < -0.4 is 15.5 Å².